The number of aliphatic carboxylic acids is 1. The maximum Gasteiger partial charge on any atom is 0.409 e. The van der Waals surface area contributed by atoms with Gasteiger partial charge < -0.3 is 19.9 Å². The van der Waals surface area contributed by atoms with Crippen molar-refractivity contribution >= 4 is 12.1 Å². The van der Waals surface area contributed by atoms with Gasteiger partial charge in [-0.1, -0.05) is 6.08 Å². The molecule has 104 valence electrons. The normalized spacial score (nSPS) is 28.6. The number of hydrogen-bond acceptors (Lipinski definition) is 4. The highest BCUT2D eigenvalue weighted by Crippen LogP contribution is 2.43. The third kappa shape index (κ3) is 2.40. The lowest BCUT2D eigenvalue weighted by Crippen LogP contribution is -2.40. The smallest absolute Gasteiger partial charge is 0.409 e. The number of rotatable bonds is 3. The Balaban J connectivity index is 2.24. The summed E-state index contributed by atoms with van der Waals surface area (Å²) >= 11 is 0. The first-order valence-electron chi connectivity index (χ1n) is 5.80. The number of carbonyl (C=O) groups excluding carboxylic acids is 1. The molecule has 0 aromatic heterocycles. The van der Waals surface area contributed by atoms with Crippen LogP contribution in [0.4, 0.5) is 9.18 Å². The highest BCUT2D eigenvalue weighted by molar-refractivity contribution is 5.87. The molecule has 2 aliphatic rings. The molecule has 0 aromatic carbocycles. The van der Waals surface area contributed by atoms with Gasteiger partial charge in [0.05, 0.1) is 17.8 Å². The van der Waals surface area contributed by atoms with Crippen LogP contribution in [0.5, 0.6) is 0 Å². The van der Waals surface area contributed by atoms with E-state index in [4.69, 9.17) is 14.6 Å². The predicted octanol–water partition coefficient (Wildman–Crippen LogP) is 1.20. The van der Waals surface area contributed by atoms with Crippen molar-refractivity contribution in [3.63, 3.8) is 0 Å². The fraction of sp³-hybridized carbons (Fsp3) is 0.500. The Kier molecular flexibility index (Phi) is 3.73. The molecule has 6 nitrogen and oxygen atoms in total. The minimum absolute atomic E-state index is 0.0708. The standard InChI is InChI=1S/C12H14FNO5/c1-14-12(17)19-11-9-6(4-13)2-3-7(9)8(5-18-11)10(15)16/h2,5,7,9,11H,3-4H2,1H3,(H,14,17)(H,15,16)/t7-,9+,11+/m1/s1. The van der Waals surface area contributed by atoms with Gasteiger partial charge in [0.2, 0.25) is 0 Å². The van der Waals surface area contributed by atoms with E-state index in [1.807, 2.05) is 0 Å². The first kappa shape index (κ1) is 13.4. The van der Waals surface area contributed by atoms with Crippen molar-refractivity contribution < 1.29 is 28.6 Å². The van der Waals surface area contributed by atoms with Crippen LogP contribution in [0.1, 0.15) is 6.42 Å². The Morgan fingerprint density at radius 2 is 2.37 bits per heavy atom. The van der Waals surface area contributed by atoms with Crippen LogP contribution >= 0.6 is 0 Å². The van der Waals surface area contributed by atoms with Gasteiger partial charge in [0, 0.05) is 13.0 Å². The molecule has 19 heavy (non-hydrogen) atoms. The van der Waals surface area contributed by atoms with E-state index in [2.05, 4.69) is 5.32 Å². The Bertz CT molecular complexity index is 459. The molecule has 1 aliphatic heterocycles. The molecule has 0 fully saturated rings. The fourth-order valence-electron chi connectivity index (χ4n) is 2.43. The lowest BCUT2D eigenvalue weighted by molar-refractivity contribution is -0.138. The number of alkyl halides is 1. The van der Waals surface area contributed by atoms with Crippen molar-refractivity contribution in [2.75, 3.05) is 13.7 Å². The molecule has 2 rings (SSSR count). The van der Waals surface area contributed by atoms with E-state index >= 15 is 0 Å². The Morgan fingerprint density at radius 3 is 2.95 bits per heavy atom. The lowest BCUT2D eigenvalue weighted by atomic mass is 9.84. The van der Waals surface area contributed by atoms with E-state index in [-0.39, 0.29) is 5.57 Å². The Labute approximate surface area is 108 Å². The first-order chi connectivity index (χ1) is 9.08. The summed E-state index contributed by atoms with van der Waals surface area (Å²) in [6.07, 6.45) is 1.41. The molecular weight excluding hydrogens is 257 g/mol. The van der Waals surface area contributed by atoms with E-state index in [1.165, 1.54) is 7.05 Å². The number of carboxylic acid groups (broad SMARTS) is 1. The molecule has 0 unspecified atom stereocenters. The molecule has 0 saturated carbocycles. The van der Waals surface area contributed by atoms with Crippen LogP contribution < -0.4 is 5.32 Å². The average molecular weight is 271 g/mol. The zero-order valence-corrected chi connectivity index (χ0v) is 10.3. The third-order valence-electron chi connectivity index (χ3n) is 3.35. The molecular formula is C12H14FNO5. The lowest BCUT2D eigenvalue weighted by Gasteiger charge is -2.33. The van der Waals surface area contributed by atoms with Gasteiger partial charge in [-0.05, 0) is 12.0 Å². The molecule has 2 N–H and O–H groups in total. The topological polar surface area (TPSA) is 84.9 Å². The second kappa shape index (κ2) is 5.29. The van der Waals surface area contributed by atoms with Crippen molar-refractivity contribution in [1.82, 2.24) is 5.32 Å². The van der Waals surface area contributed by atoms with E-state index in [1.54, 1.807) is 6.08 Å². The third-order valence-corrected chi connectivity index (χ3v) is 3.35. The summed E-state index contributed by atoms with van der Waals surface area (Å²) in [4.78, 5) is 22.3. The van der Waals surface area contributed by atoms with Gasteiger partial charge in [-0.2, -0.15) is 0 Å². The SMILES string of the molecule is CNC(=O)O[C@@H]1OC=C(C(=O)O)[C@H]2CC=C(CF)[C@H]12. The van der Waals surface area contributed by atoms with E-state index in [0.717, 1.165) is 6.26 Å². The van der Waals surface area contributed by atoms with Gasteiger partial charge in [0.25, 0.3) is 6.29 Å². The fourth-order valence-corrected chi connectivity index (χ4v) is 2.43. The minimum Gasteiger partial charge on any atom is -0.478 e. The summed E-state index contributed by atoms with van der Waals surface area (Å²) in [7, 11) is 1.39. The number of halogens is 1. The monoisotopic (exact) mass is 271 g/mol. The van der Waals surface area contributed by atoms with E-state index in [9.17, 15) is 14.0 Å². The van der Waals surface area contributed by atoms with Crippen molar-refractivity contribution in [1.29, 1.82) is 0 Å². The highest BCUT2D eigenvalue weighted by Gasteiger charge is 2.45. The summed E-state index contributed by atoms with van der Waals surface area (Å²) in [5, 5.41) is 11.3. The second-order valence-corrected chi connectivity index (χ2v) is 4.32. The summed E-state index contributed by atoms with van der Waals surface area (Å²) in [5.74, 6) is -2.12. The molecule has 7 heteroatoms. The zero-order chi connectivity index (χ0) is 14.0. The summed E-state index contributed by atoms with van der Waals surface area (Å²) in [6, 6.07) is 0. The van der Waals surface area contributed by atoms with Gasteiger partial charge in [-0.3, -0.25) is 0 Å². The molecule has 0 radical (unpaired) electrons. The summed E-state index contributed by atoms with van der Waals surface area (Å²) in [6.45, 7) is -0.717. The van der Waals surface area contributed by atoms with Crippen molar-refractivity contribution in [3.8, 4) is 0 Å². The minimum atomic E-state index is -1.11. The number of nitrogens with one attached hydrogen (secondary N) is 1. The summed E-state index contributed by atoms with van der Waals surface area (Å²) in [5.41, 5.74) is 0.479. The van der Waals surface area contributed by atoms with E-state index < -0.39 is 36.9 Å². The van der Waals surface area contributed by atoms with Gasteiger partial charge in [0.15, 0.2) is 0 Å². The van der Waals surface area contributed by atoms with Gasteiger partial charge in [-0.15, -0.1) is 0 Å². The number of alkyl carbamates (subject to hydrolysis) is 1. The van der Waals surface area contributed by atoms with Crippen molar-refractivity contribution in [3.05, 3.63) is 23.5 Å². The first-order valence-corrected chi connectivity index (χ1v) is 5.80. The van der Waals surface area contributed by atoms with Crippen molar-refractivity contribution in [2.24, 2.45) is 11.8 Å². The molecule has 1 amide bonds. The van der Waals surface area contributed by atoms with Gasteiger partial charge in [-0.25, -0.2) is 14.0 Å². The van der Waals surface area contributed by atoms with Crippen LogP contribution in [-0.2, 0) is 14.3 Å². The molecule has 0 spiro atoms. The molecule has 3 atom stereocenters. The zero-order valence-electron chi connectivity index (χ0n) is 10.3. The maximum atomic E-state index is 12.9. The number of carboxylic acids is 1. The van der Waals surface area contributed by atoms with Crippen LogP contribution in [0.3, 0.4) is 0 Å². The molecule has 1 heterocycles. The summed E-state index contributed by atoms with van der Waals surface area (Å²) < 4.78 is 23.1. The van der Waals surface area contributed by atoms with E-state index in [0.29, 0.717) is 12.0 Å². The Morgan fingerprint density at radius 1 is 1.63 bits per heavy atom. The number of fused-ring (bicyclic) bond motifs is 1. The average Bonchev–Trinajstić information content (AvgIpc) is 2.82. The van der Waals surface area contributed by atoms with Gasteiger partial charge >= 0.3 is 12.1 Å². The quantitative estimate of drug-likeness (QED) is 0.753. The van der Waals surface area contributed by atoms with Crippen molar-refractivity contribution in [2.45, 2.75) is 12.7 Å². The van der Waals surface area contributed by atoms with Crippen LogP contribution in [0, 0.1) is 11.8 Å². The highest BCUT2D eigenvalue weighted by atomic mass is 19.1. The largest absolute Gasteiger partial charge is 0.478 e. The molecule has 1 aliphatic carbocycles. The number of amides is 1. The van der Waals surface area contributed by atoms with Crippen LogP contribution in [0.2, 0.25) is 0 Å². The number of ether oxygens (including phenoxy) is 2. The number of hydrogen-bond donors (Lipinski definition) is 2. The second-order valence-electron chi connectivity index (χ2n) is 4.32. The molecule has 0 bridgehead atoms. The van der Waals surface area contributed by atoms with Gasteiger partial charge in [0.1, 0.15) is 6.67 Å². The van der Waals surface area contributed by atoms with Crippen LogP contribution in [0.25, 0.3) is 0 Å². The molecule has 0 saturated heterocycles. The molecule has 0 aromatic rings. The predicted molar refractivity (Wildman–Crippen MR) is 61.8 cm³/mol. The Hall–Kier alpha value is -2.05. The van der Waals surface area contributed by atoms with Crippen LogP contribution in [-0.4, -0.2) is 37.2 Å². The number of allylic oxidation sites excluding steroid dienone is 1. The number of carbonyl (C=O) groups is 2. The maximum absolute atomic E-state index is 12.9. The van der Waals surface area contributed by atoms with Crippen LogP contribution in [0.15, 0.2) is 23.5 Å².